The smallest absolute Gasteiger partial charge is 0.357 e. The van der Waals surface area contributed by atoms with Crippen molar-refractivity contribution < 1.29 is 14.3 Å². The van der Waals surface area contributed by atoms with Crippen molar-refractivity contribution in [2.75, 3.05) is 0 Å². The Hall–Kier alpha value is -1.32. The molecular formula is C8H11NO3. The highest BCUT2D eigenvalue weighted by atomic mass is 16.4. The van der Waals surface area contributed by atoms with Crippen molar-refractivity contribution in [1.82, 2.24) is 4.98 Å². The Morgan fingerprint density at radius 3 is 3.00 bits per heavy atom. The number of carboxylic acids is 1. The first kappa shape index (κ1) is 8.77. The molecule has 0 unspecified atom stereocenters. The minimum absolute atomic E-state index is 0.0129. The van der Waals surface area contributed by atoms with E-state index in [2.05, 4.69) is 11.9 Å². The van der Waals surface area contributed by atoms with E-state index in [0.29, 0.717) is 12.3 Å². The van der Waals surface area contributed by atoms with E-state index in [9.17, 15) is 4.79 Å². The Morgan fingerprint density at radius 1 is 1.75 bits per heavy atom. The summed E-state index contributed by atoms with van der Waals surface area (Å²) < 4.78 is 4.94. The predicted molar refractivity (Wildman–Crippen MR) is 42.1 cm³/mol. The lowest BCUT2D eigenvalue weighted by Gasteiger charge is -1.89. The summed E-state index contributed by atoms with van der Waals surface area (Å²) >= 11 is 0. The molecule has 66 valence electrons. The number of unbranched alkanes of at least 4 members (excludes halogenated alkanes) is 1. The van der Waals surface area contributed by atoms with Crippen LogP contribution in [0, 0.1) is 0 Å². The van der Waals surface area contributed by atoms with Crippen LogP contribution in [0.5, 0.6) is 0 Å². The quantitative estimate of drug-likeness (QED) is 0.745. The van der Waals surface area contributed by atoms with Crippen LogP contribution in [0.15, 0.2) is 10.7 Å². The number of aromatic nitrogens is 1. The molecule has 0 saturated carbocycles. The molecule has 12 heavy (non-hydrogen) atoms. The molecule has 0 amide bonds. The highest BCUT2D eigenvalue weighted by molar-refractivity contribution is 5.84. The number of hydrogen-bond donors (Lipinski definition) is 1. The molecule has 0 aliphatic carbocycles. The van der Waals surface area contributed by atoms with Gasteiger partial charge in [-0.3, -0.25) is 0 Å². The van der Waals surface area contributed by atoms with Gasteiger partial charge < -0.3 is 9.52 Å². The maximum absolute atomic E-state index is 10.4. The van der Waals surface area contributed by atoms with Gasteiger partial charge in [-0.1, -0.05) is 13.3 Å². The number of aromatic carboxylic acids is 1. The molecule has 0 aromatic carbocycles. The van der Waals surface area contributed by atoms with Gasteiger partial charge in [0.2, 0.25) is 0 Å². The van der Waals surface area contributed by atoms with Crippen molar-refractivity contribution in [2.24, 2.45) is 0 Å². The number of aryl methyl sites for hydroxylation is 1. The summed E-state index contributed by atoms with van der Waals surface area (Å²) in [5.74, 6) is -0.532. The van der Waals surface area contributed by atoms with E-state index in [1.165, 1.54) is 6.26 Å². The van der Waals surface area contributed by atoms with Gasteiger partial charge in [0.05, 0.1) is 0 Å². The standard InChI is InChI=1S/C8H11NO3/c1-2-3-4-7-9-6(5-12-7)8(10)11/h5H,2-4H2,1H3,(H,10,11). The van der Waals surface area contributed by atoms with E-state index in [1.54, 1.807) is 0 Å². The summed E-state index contributed by atoms with van der Waals surface area (Å²) in [5, 5.41) is 8.50. The average molecular weight is 169 g/mol. The SMILES string of the molecule is CCCCc1nc(C(=O)O)co1. The third-order valence-corrected chi connectivity index (χ3v) is 1.52. The van der Waals surface area contributed by atoms with E-state index in [0.717, 1.165) is 12.8 Å². The maximum atomic E-state index is 10.4. The molecular weight excluding hydrogens is 158 g/mol. The summed E-state index contributed by atoms with van der Waals surface area (Å²) in [6, 6.07) is 0. The van der Waals surface area contributed by atoms with Crippen LogP contribution in [0.1, 0.15) is 36.1 Å². The molecule has 0 radical (unpaired) electrons. The molecule has 0 saturated heterocycles. The third-order valence-electron chi connectivity index (χ3n) is 1.52. The molecule has 1 rings (SSSR count). The van der Waals surface area contributed by atoms with Crippen molar-refractivity contribution in [1.29, 1.82) is 0 Å². The van der Waals surface area contributed by atoms with E-state index in [4.69, 9.17) is 9.52 Å². The minimum Gasteiger partial charge on any atom is -0.476 e. The summed E-state index contributed by atoms with van der Waals surface area (Å²) in [5.41, 5.74) is -0.0129. The van der Waals surface area contributed by atoms with Crippen LogP contribution in [0.25, 0.3) is 0 Å². The molecule has 0 aliphatic rings. The van der Waals surface area contributed by atoms with E-state index in [1.807, 2.05) is 0 Å². The topological polar surface area (TPSA) is 63.3 Å². The van der Waals surface area contributed by atoms with Gasteiger partial charge in [-0.2, -0.15) is 0 Å². The average Bonchev–Trinajstić information content (AvgIpc) is 2.48. The van der Waals surface area contributed by atoms with Crippen LogP contribution in [0.2, 0.25) is 0 Å². The van der Waals surface area contributed by atoms with Gasteiger partial charge in [-0.15, -0.1) is 0 Å². The zero-order valence-electron chi connectivity index (χ0n) is 6.91. The van der Waals surface area contributed by atoms with Crippen molar-refractivity contribution in [3.63, 3.8) is 0 Å². The molecule has 0 aliphatic heterocycles. The number of hydrogen-bond acceptors (Lipinski definition) is 3. The number of nitrogens with zero attached hydrogens (tertiary/aromatic N) is 1. The maximum Gasteiger partial charge on any atom is 0.357 e. The van der Waals surface area contributed by atoms with E-state index >= 15 is 0 Å². The second-order valence-electron chi connectivity index (χ2n) is 2.54. The molecule has 0 bridgehead atoms. The van der Waals surface area contributed by atoms with Crippen LogP contribution < -0.4 is 0 Å². The Balaban J connectivity index is 2.58. The van der Waals surface area contributed by atoms with Crippen LogP contribution >= 0.6 is 0 Å². The first-order valence-corrected chi connectivity index (χ1v) is 3.91. The highest BCUT2D eigenvalue weighted by Gasteiger charge is 2.08. The van der Waals surface area contributed by atoms with Gasteiger partial charge in [0.15, 0.2) is 11.6 Å². The number of rotatable bonds is 4. The van der Waals surface area contributed by atoms with Crippen molar-refractivity contribution >= 4 is 5.97 Å². The number of carbonyl (C=O) groups is 1. The Labute approximate surface area is 70.2 Å². The van der Waals surface area contributed by atoms with Gasteiger partial charge in [-0.25, -0.2) is 9.78 Å². The van der Waals surface area contributed by atoms with Gasteiger partial charge in [-0.05, 0) is 6.42 Å². The Bertz CT molecular complexity index is 267. The lowest BCUT2D eigenvalue weighted by Crippen LogP contribution is -1.96. The number of carboxylic acid groups (broad SMARTS) is 1. The second-order valence-corrected chi connectivity index (χ2v) is 2.54. The van der Waals surface area contributed by atoms with Gasteiger partial charge in [0.25, 0.3) is 0 Å². The fraction of sp³-hybridized carbons (Fsp3) is 0.500. The zero-order chi connectivity index (χ0) is 8.97. The summed E-state index contributed by atoms with van der Waals surface area (Å²) in [6.45, 7) is 2.06. The lowest BCUT2D eigenvalue weighted by molar-refractivity contribution is 0.0690. The second kappa shape index (κ2) is 3.90. The van der Waals surface area contributed by atoms with Gasteiger partial charge >= 0.3 is 5.97 Å². The van der Waals surface area contributed by atoms with Crippen LogP contribution in [0.4, 0.5) is 0 Å². The first-order chi connectivity index (χ1) is 5.74. The van der Waals surface area contributed by atoms with Crippen molar-refractivity contribution in [3.05, 3.63) is 17.8 Å². The van der Waals surface area contributed by atoms with Crippen LogP contribution in [0.3, 0.4) is 0 Å². The lowest BCUT2D eigenvalue weighted by atomic mass is 10.2. The molecule has 1 heterocycles. The van der Waals surface area contributed by atoms with Crippen molar-refractivity contribution in [3.8, 4) is 0 Å². The normalized spacial score (nSPS) is 10.1. The summed E-state index contributed by atoms with van der Waals surface area (Å²) in [7, 11) is 0. The largest absolute Gasteiger partial charge is 0.476 e. The van der Waals surface area contributed by atoms with Crippen molar-refractivity contribution in [2.45, 2.75) is 26.2 Å². The predicted octanol–water partition coefficient (Wildman–Crippen LogP) is 1.72. The number of oxazole rings is 1. The summed E-state index contributed by atoms with van der Waals surface area (Å²) in [4.78, 5) is 14.1. The first-order valence-electron chi connectivity index (χ1n) is 3.91. The molecule has 0 atom stereocenters. The monoisotopic (exact) mass is 169 g/mol. The van der Waals surface area contributed by atoms with E-state index in [-0.39, 0.29) is 5.69 Å². The van der Waals surface area contributed by atoms with Crippen LogP contribution in [-0.4, -0.2) is 16.1 Å². The molecule has 1 aromatic rings. The van der Waals surface area contributed by atoms with Crippen LogP contribution in [-0.2, 0) is 6.42 Å². The molecule has 0 fully saturated rings. The molecule has 1 aromatic heterocycles. The molecule has 0 spiro atoms. The molecule has 4 nitrogen and oxygen atoms in total. The van der Waals surface area contributed by atoms with Gasteiger partial charge in [0, 0.05) is 6.42 Å². The third kappa shape index (κ3) is 2.08. The summed E-state index contributed by atoms with van der Waals surface area (Å²) in [6.07, 6.45) is 3.90. The minimum atomic E-state index is -1.04. The molecule has 4 heteroatoms. The Kier molecular flexibility index (Phi) is 2.85. The fourth-order valence-corrected chi connectivity index (χ4v) is 0.852. The Morgan fingerprint density at radius 2 is 2.50 bits per heavy atom. The van der Waals surface area contributed by atoms with E-state index < -0.39 is 5.97 Å². The zero-order valence-corrected chi connectivity index (χ0v) is 6.91. The molecule has 1 N–H and O–H groups in total. The highest BCUT2D eigenvalue weighted by Crippen LogP contribution is 2.05. The fourth-order valence-electron chi connectivity index (χ4n) is 0.852. The van der Waals surface area contributed by atoms with Gasteiger partial charge in [0.1, 0.15) is 6.26 Å².